The summed E-state index contributed by atoms with van der Waals surface area (Å²) in [6.07, 6.45) is 0. The molecule has 16 heavy (non-hydrogen) atoms. The highest BCUT2D eigenvalue weighted by atomic mass is 16.4. The van der Waals surface area contributed by atoms with Crippen LogP contribution in [0.15, 0.2) is 33.5 Å². The van der Waals surface area contributed by atoms with Crippen molar-refractivity contribution in [3.63, 3.8) is 0 Å². The van der Waals surface area contributed by atoms with E-state index in [1.54, 1.807) is 24.3 Å². The van der Waals surface area contributed by atoms with E-state index in [0.29, 0.717) is 11.1 Å². The molecule has 3 N–H and O–H groups in total. The molecule has 2 rings (SSSR count). The van der Waals surface area contributed by atoms with Crippen LogP contribution >= 0.6 is 0 Å². The SMILES string of the molecule is NCNC(=O)Cn1c(=O)oc2ccccc21. The molecule has 0 fully saturated rings. The fourth-order valence-corrected chi connectivity index (χ4v) is 1.48. The number of carbonyl (C=O) groups is 1. The van der Waals surface area contributed by atoms with Gasteiger partial charge in [0, 0.05) is 0 Å². The van der Waals surface area contributed by atoms with Crippen LogP contribution in [0.2, 0.25) is 0 Å². The largest absolute Gasteiger partial charge is 0.420 e. The van der Waals surface area contributed by atoms with Gasteiger partial charge in [0.05, 0.1) is 12.2 Å². The molecule has 84 valence electrons. The molecule has 1 aromatic carbocycles. The smallest absolute Gasteiger partial charge is 0.408 e. The molecule has 0 aliphatic rings. The average Bonchev–Trinajstić information content (AvgIpc) is 2.56. The first kappa shape index (κ1) is 10.4. The molecule has 0 aliphatic carbocycles. The third kappa shape index (κ3) is 1.82. The number of nitrogens with zero attached hydrogens (tertiary/aromatic N) is 1. The van der Waals surface area contributed by atoms with Crippen LogP contribution in [0.25, 0.3) is 11.1 Å². The molecule has 1 heterocycles. The molecule has 0 bridgehead atoms. The minimum atomic E-state index is -0.548. The van der Waals surface area contributed by atoms with Gasteiger partial charge in [0.15, 0.2) is 5.58 Å². The number of oxazole rings is 1. The summed E-state index contributed by atoms with van der Waals surface area (Å²) >= 11 is 0. The zero-order chi connectivity index (χ0) is 11.5. The maximum Gasteiger partial charge on any atom is 0.420 e. The van der Waals surface area contributed by atoms with Gasteiger partial charge in [0.1, 0.15) is 6.54 Å². The third-order valence-electron chi connectivity index (χ3n) is 2.17. The summed E-state index contributed by atoms with van der Waals surface area (Å²) in [5.74, 6) is -0.871. The highest BCUT2D eigenvalue weighted by molar-refractivity contribution is 5.79. The van der Waals surface area contributed by atoms with Gasteiger partial charge in [-0.2, -0.15) is 0 Å². The first-order valence-electron chi connectivity index (χ1n) is 4.77. The van der Waals surface area contributed by atoms with Crippen LogP contribution in [0.4, 0.5) is 0 Å². The van der Waals surface area contributed by atoms with Gasteiger partial charge in [-0.3, -0.25) is 9.36 Å². The van der Waals surface area contributed by atoms with Gasteiger partial charge in [-0.1, -0.05) is 12.1 Å². The molecule has 6 nitrogen and oxygen atoms in total. The van der Waals surface area contributed by atoms with Crippen molar-refractivity contribution in [2.75, 3.05) is 6.67 Å². The van der Waals surface area contributed by atoms with E-state index in [1.807, 2.05) is 0 Å². The number of rotatable bonds is 3. The molecular formula is C10H11N3O3. The van der Waals surface area contributed by atoms with Crippen LogP contribution in [0.3, 0.4) is 0 Å². The first-order valence-corrected chi connectivity index (χ1v) is 4.77. The Balaban J connectivity index is 2.40. The van der Waals surface area contributed by atoms with Gasteiger partial charge in [0.25, 0.3) is 0 Å². The predicted molar refractivity (Wildman–Crippen MR) is 57.7 cm³/mol. The average molecular weight is 221 g/mol. The summed E-state index contributed by atoms with van der Waals surface area (Å²) in [5, 5.41) is 2.41. The molecule has 0 unspecified atom stereocenters. The van der Waals surface area contributed by atoms with Gasteiger partial charge >= 0.3 is 5.76 Å². The van der Waals surface area contributed by atoms with Crippen molar-refractivity contribution >= 4 is 17.0 Å². The summed E-state index contributed by atoms with van der Waals surface area (Å²) in [6.45, 7) is -0.0452. The highest BCUT2D eigenvalue weighted by Crippen LogP contribution is 2.11. The number of benzene rings is 1. The van der Waals surface area contributed by atoms with Crippen molar-refractivity contribution in [3.05, 3.63) is 34.8 Å². The number of carbonyl (C=O) groups excluding carboxylic acids is 1. The van der Waals surface area contributed by atoms with Gasteiger partial charge < -0.3 is 15.5 Å². The van der Waals surface area contributed by atoms with Gasteiger partial charge in [-0.15, -0.1) is 0 Å². The fourth-order valence-electron chi connectivity index (χ4n) is 1.48. The Morgan fingerprint density at radius 3 is 2.94 bits per heavy atom. The van der Waals surface area contributed by atoms with Crippen molar-refractivity contribution in [3.8, 4) is 0 Å². The van der Waals surface area contributed by atoms with Crippen LogP contribution < -0.4 is 16.8 Å². The fraction of sp³-hybridized carbons (Fsp3) is 0.200. The van der Waals surface area contributed by atoms with E-state index in [0.717, 1.165) is 0 Å². The second kappa shape index (κ2) is 4.19. The first-order chi connectivity index (χ1) is 7.72. The molecule has 1 aromatic heterocycles. The zero-order valence-electron chi connectivity index (χ0n) is 8.47. The zero-order valence-corrected chi connectivity index (χ0v) is 8.47. The number of hydrogen-bond donors (Lipinski definition) is 2. The molecular weight excluding hydrogens is 210 g/mol. The Hall–Kier alpha value is -2.08. The molecule has 0 saturated heterocycles. The summed E-state index contributed by atoms with van der Waals surface area (Å²) in [6, 6.07) is 6.92. The van der Waals surface area contributed by atoms with E-state index >= 15 is 0 Å². The predicted octanol–water partition coefficient (Wildman–Crippen LogP) is -0.373. The number of nitrogens with two attached hydrogens (primary N) is 1. The maximum absolute atomic E-state index is 11.5. The van der Waals surface area contributed by atoms with Crippen LogP contribution in [0, 0.1) is 0 Å². The van der Waals surface area contributed by atoms with E-state index < -0.39 is 5.76 Å². The van der Waals surface area contributed by atoms with Crippen molar-refractivity contribution in [2.45, 2.75) is 6.54 Å². The summed E-state index contributed by atoms with van der Waals surface area (Å²) in [7, 11) is 0. The Morgan fingerprint density at radius 1 is 1.44 bits per heavy atom. The Kier molecular flexibility index (Phi) is 2.74. The molecule has 2 aromatic rings. The molecule has 0 atom stereocenters. The molecule has 0 radical (unpaired) electrons. The third-order valence-corrected chi connectivity index (χ3v) is 2.17. The number of amides is 1. The van der Waals surface area contributed by atoms with E-state index in [2.05, 4.69) is 5.32 Å². The summed E-state index contributed by atoms with van der Waals surface area (Å²) in [5.41, 5.74) is 6.23. The van der Waals surface area contributed by atoms with Crippen LogP contribution in [0.1, 0.15) is 0 Å². The topological polar surface area (TPSA) is 90.3 Å². The molecule has 1 amide bonds. The molecule has 0 spiro atoms. The van der Waals surface area contributed by atoms with Crippen molar-refractivity contribution < 1.29 is 9.21 Å². The van der Waals surface area contributed by atoms with E-state index in [9.17, 15) is 9.59 Å². The van der Waals surface area contributed by atoms with Crippen molar-refractivity contribution in [2.24, 2.45) is 5.73 Å². The summed E-state index contributed by atoms with van der Waals surface area (Å²) < 4.78 is 6.24. The number of aromatic nitrogens is 1. The van der Waals surface area contributed by atoms with E-state index in [4.69, 9.17) is 10.2 Å². The lowest BCUT2D eigenvalue weighted by Crippen LogP contribution is -2.34. The van der Waals surface area contributed by atoms with Crippen LogP contribution in [0.5, 0.6) is 0 Å². The van der Waals surface area contributed by atoms with Crippen LogP contribution in [-0.4, -0.2) is 17.1 Å². The molecule has 0 saturated carbocycles. The summed E-state index contributed by atoms with van der Waals surface area (Å²) in [4.78, 5) is 22.8. The standard InChI is InChI=1S/C10H11N3O3/c11-6-12-9(14)5-13-7-3-1-2-4-8(7)16-10(13)15/h1-4H,5-6,11H2,(H,12,14). The quantitative estimate of drug-likeness (QED) is 0.692. The number of para-hydroxylation sites is 2. The number of nitrogens with one attached hydrogen (secondary N) is 1. The lowest BCUT2D eigenvalue weighted by atomic mass is 10.3. The lowest BCUT2D eigenvalue weighted by Gasteiger charge is -2.02. The van der Waals surface area contributed by atoms with Gasteiger partial charge in [-0.25, -0.2) is 4.79 Å². The van der Waals surface area contributed by atoms with Crippen molar-refractivity contribution in [1.82, 2.24) is 9.88 Å². The Bertz CT molecular complexity index is 570. The second-order valence-corrected chi connectivity index (χ2v) is 3.23. The van der Waals surface area contributed by atoms with Gasteiger partial charge in [-0.05, 0) is 12.1 Å². The van der Waals surface area contributed by atoms with Crippen LogP contribution in [-0.2, 0) is 11.3 Å². The van der Waals surface area contributed by atoms with E-state index in [-0.39, 0.29) is 19.1 Å². The normalized spacial score (nSPS) is 10.6. The monoisotopic (exact) mass is 221 g/mol. The Labute approximate surface area is 90.6 Å². The minimum absolute atomic E-state index is 0.0450. The van der Waals surface area contributed by atoms with Crippen molar-refractivity contribution in [1.29, 1.82) is 0 Å². The van der Waals surface area contributed by atoms with Gasteiger partial charge in [0.2, 0.25) is 5.91 Å². The lowest BCUT2D eigenvalue weighted by molar-refractivity contribution is -0.121. The molecule has 0 aliphatic heterocycles. The second-order valence-electron chi connectivity index (χ2n) is 3.23. The number of hydrogen-bond acceptors (Lipinski definition) is 4. The Morgan fingerprint density at radius 2 is 2.19 bits per heavy atom. The van der Waals surface area contributed by atoms with E-state index in [1.165, 1.54) is 4.57 Å². The maximum atomic E-state index is 11.5. The minimum Gasteiger partial charge on any atom is -0.408 e. The highest BCUT2D eigenvalue weighted by Gasteiger charge is 2.11. The number of fused-ring (bicyclic) bond motifs is 1. The molecule has 6 heteroatoms.